The summed E-state index contributed by atoms with van der Waals surface area (Å²) in [4.78, 5) is 23.2. The molecule has 0 saturated carbocycles. The van der Waals surface area contributed by atoms with Crippen LogP contribution in [0.3, 0.4) is 0 Å². The number of benzene rings is 2. The second-order valence-electron chi connectivity index (χ2n) is 6.67. The smallest absolute Gasteiger partial charge is 0.341 e. The first-order valence-electron chi connectivity index (χ1n) is 8.99. The Hall–Kier alpha value is -2.93. The zero-order chi connectivity index (χ0) is 19.7. The van der Waals surface area contributed by atoms with E-state index < -0.39 is 23.7 Å². The van der Waals surface area contributed by atoms with E-state index in [0.717, 1.165) is 39.9 Å². The van der Waals surface area contributed by atoms with E-state index in [4.69, 9.17) is 15.6 Å². The van der Waals surface area contributed by atoms with Crippen LogP contribution >= 0.6 is 11.8 Å². The number of thioether (sulfide) groups is 1. The van der Waals surface area contributed by atoms with Gasteiger partial charge in [-0.2, -0.15) is 0 Å². The number of hydrogen-bond donors (Lipinski definition) is 2. The summed E-state index contributed by atoms with van der Waals surface area (Å²) >= 11 is 1.52. The average molecular weight is 396 g/mol. The highest BCUT2D eigenvalue weighted by Gasteiger charge is 2.33. The van der Waals surface area contributed by atoms with Crippen molar-refractivity contribution in [1.29, 1.82) is 0 Å². The number of nitrogens with zero attached hydrogens (tertiary/aromatic N) is 1. The van der Waals surface area contributed by atoms with E-state index in [1.165, 1.54) is 11.8 Å². The Morgan fingerprint density at radius 2 is 1.96 bits per heavy atom. The molecule has 1 aliphatic heterocycles. The maximum atomic E-state index is 12.2. The Kier molecular flexibility index (Phi) is 5.00. The van der Waals surface area contributed by atoms with Gasteiger partial charge in [0.25, 0.3) is 0 Å². The minimum absolute atomic E-state index is 0.391. The Morgan fingerprint density at radius 1 is 1.18 bits per heavy atom. The van der Waals surface area contributed by atoms with Gasteiger partial charge in [0.15, 0.2) is 6.61 Å². The van der Waals surface area contributed by atoms with Gasteiger partial charge < -0.3 is 20.1 Å². The third kappa shape index (κ3) is 3.33. The van der Waals surface area contributed by atoms with E-state index >= 15 is 0 Å². The van der Waals surface area contributed by atoms with Crippen LogP contribution in [0.5, 0.6) is 5.75 Å². The highest BCUT2D eigenvalue weighted by atomic mass is 32.2. The number of aliphatic carboxylic acids is 1. The molecule has 28 heavy (non-hydrogen) atoms. The molecule has 1 aliphatic rings. The molecule has 1 amide bonds. The molecule has 0 saturated heterocycles. The van der Waals surface area contributed by atoms with Gasteiger partial charge in [0.05, 0.1) is 5.52 Å². The minimum Gasteiger partial charge on any atom is -0.481 e. The number of carbonyl (C=O) groups excluding carboxylic acids is 1. The van der Waals surface area contributed by atoms with Crippen molar-refractivity contribution in [2.24, 2.45) is 5.73 Å². The standard InChI is InChI=1S/C21H20N2O4S/c22-21(26)20-19-15(9-10-28-20)23(11-13-5-2-1-3-6-13)14-7-4-8-16(18(14)19)27-12-17(24)25/h1-8,20H,9-12H2,(H2,22,26)(H,24,25)/t20-/m1/s1. The molecule has 0 radical (unpaired) electrons. The molecule has 0 unspecified atom stereocenters. The monoisotopic (exact) mass is 396 g/mol. The van der Waals surface area contributed by atoms with Crippen LogP contribution in [-0.4, -0.2) is 33.9 Å². The van der Waals surface area contributed by atoms with Crippen molar-refractivity contribution in [2.75, 3.05) is 12.4 Å². The second-order valence-corrected chi connectivity index (χ2v) is 7.88. The van der Waals surface area contributed by atoms with E-state index in [-0.39, 0.29) is 0 Å². The number of hydrogen-bond acceptors (Lipinski definition) is 4. The van der Waals surface area contributed by atoms with Crippen LogP contribution in [0.15, 0.2) is 48.5 Å². The Morgan fingerprint density at radius 3 is 2.68 bits per heavy atom. The van der Waals surface area contributed by atoms with Gasteiger partial charge in [0, 0.05) is 23.2 Å². The summed E-state index contributed by atoms with van der Waals surface area (Å²) in [5.74, 6) is -0.165. The summed E-state index contributed by atoms with van der Waals surface area (Å²) in [6.45, 7) is 0.220. The van der Waals surface area contributed by atoms with Crippen LogP contribution in [0.2, 0.25) is 0 Å². The fourth-order valence-corrected chi connectivity index (χ4v) is 4.92. The number of carbonyl (C=O) groups is 2. The molecule has 0 aliphatic carbocycles. The zero-order valence-electron chi connectivity index (χ0n) is 15.1. The van der Waals surface area contributed by atoms with Crippen LogP contribution < -0.4 is 10.5 Å². The third-order valence-corrected chi connectivity index (χ3v) is 6.12. The number of primary amides is 1. The van der Waals surface area contributed by atoms with Gasteiger partial charge in [0.1, 0.15) is 11.0 Å². The van der Waals surface area contributed by atoms with Crippen LogP contribution in [-0.2, 0) is 22.6 Å². The minimum atomic E-state index is -1.05. The second kappa shape index (κ2) is 7.59. The molecule has 144 valence electrons. The predicted molar refractivity (Wildman–Crippen MR) is 109 cm³/mol. The highest BCUT2D eigenvalue weighted by molar-refractivity contribution is 8.00. The molecule has 2 heterocycles. The number of nitrogens with two attached hydrogens (primary N) is 1. The maximum Gasteiger partial charge on any atom is 0.341 e. The quantitative estimate of drug-likeness (QED) is 0.668. The van der Waals surface area contributed by atoms with E-state index in [1.807, 2.05) is 30.3 Å². The molecule has 6 nitrogen and oxygen atoms in total. The summed E-state index contributed by atoms with van der Waals surface area (Å²) in [6.07, 6.45) is 0.809. The Balaban J connectivity index is 1.93. The van der Waals surface area contributed by atoms with Crippen molar-refractivity contribution < 1.29 is 19.4 Å². The largest absolute Gasteiger partial charge is 0.481 e. The number of rotatable bonds is 6. The molecular weight excluding hydrogens is 376 g/mol. The Labute approximate surface area is 166 Å². The molecule has 4 rings (SSSR count). The first-order chi connectivity index (χ1) is 13.6. The molecule has 1 aromatic heterocycles. The van der Waals surface area contributed by atoms with Crippen molar-refractivity contribution >= 4 is 34.5 Å². The summed E-state index contributed by atoms with van der Waals surface area (Å²) in [7, 11) is 0. The van der Waals surface area contributed by atoms with Crippen molar-refractivity contribution in [3.05, 3.63) is 65.4 Å². The molecule has 0 fully saturated rings. The van der Waals surface area contributed by atoms with E-state index in [1.54, 1.807) is 6.07 Å². The lowest BCUT2D eigenvalue weighted by molar-refractivity contribution is -0.139. The lowest BCUT2D eigenvalue weighted by Gasteiger charge is -2.22. The van der Waals surface area contributed by atoms with Crippen molar-refractivity contribution in [2.45, 2.75) is 18.2 Å². The van der Waals surface area contributed by atoms with Gasteiger partial charge in [0.2, 0.25) is 5.91 Å². The number of aromatic nitrogens is 1. The first kappa shape index (κ1) is 18.4. The van der Waals surface area contributed by atoms with Crippen molar-refractivity contribution in [3.8, 4) is 5.75 Å². The molecule has 1 atom stereocenters. The van der Waals surface area contributed by atoms with E-state index in [9.17, 15) is 9.59 Å². The molecular formula is C21H20N2O4S. The predicted octanol–water partition coefficient (Wildman–Crippen LogP) is 2.97. The number of fused-ring (bicyclic) bond motifs is 3. The average Bonchev–Trinajstić information content (AvgIpc) is 3.01. The molecule has 0 spiro atoms. The highest BCUT2D eigenvalue weighted by Crippen LogP contribution is 2.45. The van der Waals surface area contributed by atoms with Gasteiger partial charge in [-0.15, -0.1) is 11.8 Å². The number of carboxylic acids is 1. The van der Waals surface area contributed by atoms with Crippen LogP contribution in [0.25, 0.3) is 10.9 Å². The fourth-order valence-electron chi connectivity index (χ4n) is 3.79. The zero-order valence-corrected chi connectivity index (χ0v) is 15.9. The molecule has 3 aromatic rings. The van der Waals surface area contributed by atoms with Crippen molar-refractivity contribution in [1.82, 2.24) is 4.57 Å². The molecule has 0 bridgehead atoms. The fraction of sp³-hybridized carbons (Fsp3) is 0.238. The van der Waals surface area contributed by atoms with Crippen LogP contribution in [0.4, 0.5) is 0 Å². The molecule has 2 aromatic carbocycles. The summed E-state index contributed by atoms with van der Waals surface area (Å²) < 4.78 is 7.76. The summed E-state index contributed by atoms with van der Waals surface area (Å²) in [5.41, 5.74) is 9.69. The van der Waals surface area contributed by atoms with Gasteiger partial charge in [-0.25, -0.2) is 4.79 Å². The van der Waals surface area contributed by atoms with Gasteiger partial charge in [-0.05, 0) is 29.9 Å². The topological polar surface area (TPSA) is 94.6 Å². The van der Waals surface area contributed by atoms with Gasteiger partial charge >= 0.3 is 5.97 Å². The van der Waals surface area contributed by atoms with E-state index in [0.29, 0.717) is 12.3 Å². The van der Waals surface area contributed by atoms with Crippen LogP contribution in [0.1, 0.15) is 22.1 Å². The Bertz CT molecular complexity index is 1050. The van der Waals surface area contributed by atoms with E-state index in [2.05, 4.69) is 16.7 Å². The van der Waals surface area contributed by atoms with Gasteiger partial charge in [-0.3, -0.25) is 4.79 Å². The number of carboxylic acid groups (broad SMARTS) is 1. The third-order valence-electron chi connectivity index (χ3n) is 4.88. The summed E-state index contributed by atoms with van der Waals surface area (Å²) in [6, 6.07) is 15.7. The molecule has 3 N–H and O–H groups in total. The van der Waals surface area contributed by atoms with Gasteiger partial charge in [-0.1, -0.05) is 36.4 Å². The van der Waals surface area contributed by atoms with Crippen LogP contribution in [0, 0.1) is 0 Å². The maximum absolute atomic E-state index is 12.2. The first-order valence-corrected chi connectivity index (χ1v) is 10.0. The molecule has 7 heteroatoms. The SMILES string of the molecule is NC(=O)[C@@H]1SCCc2c1c1c(OCC(=O)O)cccc1n2Cc1ccccc1. The van der Waals surface area contributed by atoms with Crippen molar-refractivity contribution in [3.63, 3.8) is 0 Å². The lowest BCUT2D eigenvalue weighted by Crippen LogP contribution is -2.24. The normalized spacial score (nSPS) is 15.9. The number of ether oxygens (including phenoxy) is 1. The lowest BCUT2D eigenvalue weighted by atomic mass is 10.0. The number of amides is 1. The summed E-state index contributed by atoms with van der Waals surface area (Å²) in [5, 5.41) is 9.33.